The van der Waals surface area contributed by atoms with Gasteiger partial charge in [-0.1, -0.05) is 41.4 Å². The summed E-state index contributed by atoms with van der Waals surface area (Å²) in [6.07, 6.45) is 0. The maximum absolute atomic E-state index is 12.5. The van der Waals surface area contributed by atoms with Crippen LogP contribution < -0.4 is 9.46 Å². The molecule has 118 valence electrons. The highest BCUT2D eigenvalue weighted by molar-refractivity contribution is 7.89. The molecule has 0 saturated carbocycles. The van der Waals surface area contributed by atoms with Crippen molar-refractivity contribution in [2.45, 2.75) is 17.9 Å². The second-order valence-electron chi connectivity index (χ2n) is 4.66. The van der Waals surface area contributed by atoms with Crippen LogP contribution in [0.3, 0.4) is 0 Å². The van der Waals surface area contributed by atoms with Gasteiger partial charge in [0, 0.05) is 16.6 Å². The highest BCUT2D eigenvalue weighted by Crippen LogP contribution is 2.29. The third-order valence-electron chi connectivity index (χ3n) is 3.12. The van der Waals surface area contributed by atoms with Gasteiger partial charge in [-0.05, 0) is 31.2 Å². The van der Waals surface area contributed by atoms with E-state index in [9.17, 15) is 8.42 Å². The average Bonchev–Trinajstić information content (AvgIpc) is 2.49. The molecule has 0 saturated heterocycles. The van der Waals surface area contributed by atoms with Gasteiger partial charge in [0.2, 0.25) is 10.0 Å². The topological polar surface area (TPSA) is 55.4 Å². The number of hydrogen-bond donors (Lipinski definition) is 1. The summed E-state index contributed by atoms with van der Waals surface area (Å²) >= 11 is 11.8. The second kappa shape index (κ2) is 6.87. The number of methoxy groups -OCH3 is 1. The summed E-state index contributed by atoms with van der Waals surface area (Å²) in [4.78, 5) is -0.0524. The molecule has 0 aliphatic heterocycles. The third-order valence-corrected chi connectivity index (χ3v) is 5.38. The standard InChI is InChI=1S/C15H15Cl2NO3S/c1-10(12-5-3-4-6-14(12)21-2)18-22(19,20)15-9-11(16)7-8-13(15)17/h3-10,18H,1-2H3/t10-/m0/s1. The Bertz CT molecular complexity index is 778. The molecule has 0 heterocycles. The summed E-state index contributed by atoms with van der Waals surface area (Å²) in [6.45, 7) is 1.73. The minimum Gasteiger partial charge on any atom is -0.496 e. The monoisotopic (exact) mass is 359 g/mol. The van der Waals surface area contributed by atoms with E-state index in [1.54, 1.807) is 19.1 Å². The number of sulfonamides is 1. The Morgan fingerprint density at radius 2 is 1.82 bits per heavy atom. The highest BCUT2D eigenvalue weighted by Gasteiger charge is 2.23. The Hall–Kier alpha value is -1.27. The zero-order chi connectivity index (χ0) is 16.3. The van der Waals surface area contributed by atoms with Crippen molar-refractivity contribution in [3.8, 4) is 5.75 Å². The van der Waals surface area contributed by atoms with Crippen LogP contribution in [-0.2, 0) is 10.0 Å². The minimum absolute atomic E-state index is 0.0524. The van der Waals surface area contributed by atoms with Crippen LogP contribution in [0.15, 0.2) is 47.4 Å². The quantitative estimate of drug-likeness (QED) is 0.876. The third kappa shape index (κ3) is 3.73. The number of halogens is 2. The zero-order valence-electron chi connectivity index (χ0n) is 12.0. The van der Waals surface area contributed by atoms with Crippen molar-refractivity contribution < 1.29 is 13.2 Å². The molecule has 2 aromatic carbocycles. The van der Waals surface area contributed by atoms with Crippen molar-refractivity contribution in [2.24, 2.45) is 0 Å². The van der Waals surface area contributed by atoms with Gasteiger partial charge in [0.05, 0.1) is 12.1 Å². The molecule has 0 radical (unpaired) electrons. The molecule has 0 fully saturated rings. The Labute approximate surface area is 140 Å². The van der Waals surface area contributed by atoms with Crippen molar-refractivity contribution in [1.29, 1.82) is 0 Å². The van der Waals surface area contributed by atoms with Gasteiger partial charge in [0.15, 0.2) is 0 Å². The predicted octanol–water partition coefficient (Wildman–Crippen LogP) is 4.04. The zero-order valence-corrected chi connectivity index (χ0v) is 14.3. The minimum atomic E-state index is -3.81. The fourth-order valence-corrected chi connectivity index (χ4v) is 4.05. The number of benzene rings is 2. The van der Waals surface area contributed by atoms with Crippen LogP contribution in [0, 0.1) is 0 Å². The van der Waals surface area contributed by atoms with E-state index in [1.807, 2.05) is 12.1 Å². The summed E-state index contributed by atoms with van der Waals surface area (Å²) < 4.78 is 32.8. The molecule has 0 bridgehead atoms. The lowest BCUT2D eigenvalue weighted by atomic mass is 10.1. The predicted molar refractivity (Wildman–Crippen MR) is 88.2 cm³/mol. The summed E-state index contributed by atoms with van der Waals surface area (Å²) in [5, 5.41) is 0.416. The SMILES string of the molecule is COc1ccccc1[C@H](C)NS(=O)(=O)c1cc(Cl)ccc1Cl. The molecule has 4 nitrogen and oxygen atoms in total. The van der Waals surface area contributed by atoms with Crippen molar-refractivity contribution >= 4 is 33.2 Å². The van der Waals surface area contributed by atoms with E-state index in [0.29, 0.717) is 10.8 Å². The second-order valence-corrected chi connectivity index (χ2v) is 7.19. The van der Waals surface area contributed by atoms with Gasteiger partial charge in [0.25, 0.3) is 0 Å². The van der Waals surface area contributed by atoms with E-state index < -0.39 is 16.1 Å². The Kier molecular flexibility index (Phi) is 5.34. The van der Waals surface area contributed by atoms with Crippen LogP contribution in [-0.4, -0.2) is 15.5 Å². The van der Waals surface area contributed by atoms with E-state index in [2.05, 4.69) is 4.72 Å². The van der Waals surface area contributed by atoms with Crippen molar-refractivity contribution in [3.63, 3.8) is 0 Å². The Balaban J connectivity index is 2.34. The molecule has 0 spiro atoms. The smallest absolute Gasteiger partial charge is 0.242 e. The Morgan fingerprint density at radius 1 is 1.14 bits per heavy atom. The molecule has 2 aromatic rings. The van der Waals surface area contributed by atoms with Crippen molar-refractivity contribution in [3.05, 3.63) is 58.1 Å². The number of hydrogen-bond acceptors (Lipinski definition) is 3. The molecule has 1 atom stereocenters. The van der Waals surface area contributed by atoms with E-state index >= 15 is 0 Å². The van der Waals surface area contributed by atoms with Crippen molar-refractivity contribution in [1.82, 2.24) is 4.72 Å². The van der Waals surface area contributed by atoms with Crippen LogP contribution in [0.1, 0.15) is 18.5 Å². The first-order valence-electron chi connectivity index (χ1n) is 6.45. The lowest BCUT2D eigenvalue weighted by Crippen LogP contribution is -2.27. The van der Waals surface area contributed by atoms with Gasteiger partial charge >= 0.3 is 0 Å². The molecule has 0 unspecified atom stereocenters. The number of rotatable bonds is 5. The van der Waals surface area contributed by atoms with Gasteiger partial charge in [0.1, 0.15) is 10.6 Å². The first-order valence-corrected chi connectivity index (χ1v) is 8.69. The average molecular weight is 360 g/mol. The summed E-state index contributed by atoms with van der Waals surface area (Å²) in [5.41, 5.74) is 0.728. The van der Waals surface area contributed by atoms with E-state index in [-0.39, 0.29) is 9.92 Å². The summed E-state index contributed by atoms with van der Waals surface area (Å²) in [6, 6.07) is 11.0. The molecule has 2 rings (SSSR count). The van der Waals surface area contributed by atoms with Gasteiger partial charge in [-0.15, -0.1) is 0 Å². The fraction of sp³-hybridized carbons (Fsp3) is 0.200. The lowest BCUT2D eigenvalue weighted by molar-refractivity contribution is 0.405. The van der Waals surface area contributed by atoms with Crippen LogP contribution in [0.5, 0.6) is 5.75 Å². The molecule has 7 heteroatoms. The van der Waals surface area contributed by atoms with Crippen LogP contribution >= 0.6 is 23.2 Å². The molecular formula is C15H15Cl2NO3S. The number of ether oxygens (including phenoxy) is 1. The maximum Gasteiger partial charge on any atom is 0.242 e. The summed E-state index contributed by atoms with van der Waals surface area (Å²) in [5.74, 6) is 0.606. The normalized spacial score (nSPS) is 12.9. The highest BCUT2D eigenvalue weighted by atomic mass is 35.5. The molecule has 1 N–H and O–H groups in total. The largest absolute Gasteiger partial charge is 0.496 e. The van der Waals surface area contributed by atoms with Gasteiger partial charge in [-0.25, -0.2) is 13.1 Å². The van der Waals surface area contributed by atoms with E-state index in [4.69, 9.17) is 27.9 Å². The molecular weight excluding hydrogens is 345 g/mol. The molecule has 0 aliphatic carbocycles. The van der Waals surface area contributed by atoms with Crippen molar-refractivity contribution in [2.75, 3.05) is 7.11 Å². The van der Waals surface area contributed by atoms with Gasteiger partial charge < -0.3 is 4.74 Å². The first-order chi connectivity index (χ1) is 10.3. The molecule has 0 amide bonds. The number of para-hydroxylation sites is 1. The number of nitrogens with one attached hydrogen (secondary N) is 1. The maximum atomic E-state index is 12.5. The van der Waals surface area contributed by atoms with Crippen LogP contribution in [0.2, 0.25) is 10.0 Å². The van der Waals surface area contributed by atoms with Crippen LogP contribution in [0.25, 0.3) is 0 Å². The lowest BCUT2D eigenvalue weighted by Gasteiger charge is -2.18. The molecule has 22 heavy (non-hydrogen) atoms. The van der Waals surface area contributed by atoms with E-state index in [1.165, 1.54) is 25.3 Å². The fourth-order valence-electron chi connectivity index (χ4n) is 2.07. The van der Waals surface area contributed by atoms with Gasteiger partial charge in [-0.3, -0.25) is 0 Å². The van der Waals surface area contributed by atoms with E-state index in [0.717, 1.165) is 5.56 Å². The summed E-state index contributed by atoms with van der Waals surface area (Å²) in [7, 11) is -2.27. The first kappa shape index (κ1) is 17.1. The molecule has 0 aromatic heterocycles. The molecule has 0 aliphatic rings. The Morgan fingerprint density at radius 3 is 2.50 bits per heavy atom. The van der Waals surface area contributed by atoms with Gasteiger partial charge in [-0.2, -0.15) is 0 Å². The van der Waals surface area contributed by atoms with Crippen LogP contribution in [0.4, 0.5) is 0 Å².